The van der Waals surface area contributed by atoms with Gasteiger partial charge in [0.15, 0.2) is 17.3 Å². The molecule has 0 amide bonds. The van der Waals surface area contributed by atoms with Crippen molar-refractivity contribution in [2.75, 3.05) is 12.1 Å². The number of aromatic nitrogens is 3. The van der Waals surface area contributed by atoms with Crippen molar-refractivity contribution in [3.8, 4) is 17.6 Å². The Hall–Kier alpha value is -3.47. The minimum absolute atomic E-state index is 0.0217. The molecular formula is C19H17N5O3. The lowest BCUT2D eigenvalue weighted by molar-refractivity contribution is 0.174. The highest BCUT2D eigenvalue weighted by molar-refractivity contribution is 5.91. The molecule has 1 fully saturated rings. The van der Waals surface area contributed by atoms with E-state index in [1.807, 2.05) is 28.9 Å². The molecule has 1 unspecified atom stereocenters. The summed E-state index contributed by atoms with van der Waals surface area (Å²) in [6, 6.07) is 9.55. The fourth-order valence-electron chi connectivity index (χ4n) is 3.58. The molecule has 0 spiro atoms. The number of benzene rings is 1. The lowest BCUT2D eigenvalue weighted by atomic mass is 10.1. The van der Waals surface area contributed by atoms with Crippen LogP contribution in [0.25, 0.3) is 10.9 Å². The maximum atomic E-state index is 12.5. The summed E-state index contributed by atoms with van der Waals surface area (Å²) in [5.74, 6) is 2.24. The molecule has 2 N–H and O–H groups in total. The third-order valence-electron chi connectivity index (χ3n) is 5.05. The summed E-state index contributed by atoms with van der Waals surface area (Å²) >= 11 is 0. The lowest BCUT2D eigenvalue weighted by Crippen LogP contribution is -2.13. The van der Waals surface area contributed by atoms with Crippen molar-refractivity contribution in [3.63, 3.8) is 0 Å². The Labute approximate surface area is 154 Å². The van der Waals surface area contributed by atoms with Gasteiger partial charge in [-0.1, -0.05) is 0 Å². The van der Waals surface area contributed by atoms with Crippen molar-refractivity contribution >= 4 is 22.4 Å². The first-order chi connectivity index (χ1) is 13.2. The molecule has 5 rings (SSSR count). The van der Waals surface area contributed by atoms with Crippen LogP contribution in [0.15, 0.2) is 35.3 Å². The van der Waals surface area contributed by atoms with Crippen molar-refractivity contribution in [2.24, 2.45) is 5.92 Å². The number of nitriles is 1. The van der Waals surface area contributed by atoms with E-state index in [1.54, 1.807) is 6.20 Å². The van der Waals surface area contributed by atoms with Gasteiger partial charge in [-0.2, -0.15) is 10.4 Å². The predicted molar refractivity (Wildman–Crippen MR) is 98.2 cm³/mol. The van der Waals surface area contributed by atoms with E-state index in [0.717, 1.165) is 24.0 Å². The molecule has 1 saturated carbocycles. The standard InChI is InChI=1S/C19H17N5O3/c20-7-5-13(11-1-2-11)24-14-6-8-21-19(25)17(14)18(23-24)22-12-3-4-15-16(9-12)27-10-26-15/h3-4,6,8-9,11,13H,1-2,5,10H2,(H,21,25)(H,22,23). The zero-order chi connectivity index (χ0) is 18.4. The second kappa shape index (κ2) is 6.06. The van der Waals surface area contributed by atoms with Gasteiger partial charge >= 0.3 is 0 Å². The van der Waals surface area contributed by atoms with Gasteiger partial charge in [-0.15, -0.1) is 0 Å². The second-order valence-electron chi connectivity index (χ2n) is 6.82. The Balaban J connectivity index is 1.60. The van der Waals surface area contributed by atoms with Gasteiger partial charge in [-0.05, 0) is 37.0 Å². The lowest BCUT2D eigenvalue weighted by Gasteiger charge is -2.14. The molecule has 0 radical (unpaired) electrons. The normalized spacial score (nSPS) is 16.3. The highest BCUT2D eigenvalue weighted by Crippen LogP contribution is 2.43. The zero-order valence-corrected chi connectivity index (χ0v) is 14.4. The average molecular weight is 363 g/mol. The molecule has 0 bridgehead atoms. The minimum Gasteiger partial charge on any atom is -0.454 e. The molecule has 27 heavy (non-hydrogen) atoms. The number of anilines is 2. The SMILES string of the molecule is N#CCC(C1CC1)n1nc(Nc2ccc3c(c2)OCO3)c2c(=O)[nH]ccc21. The smallest absolute Gasteiger partial charge is 0.261 e. The van der Waals surface area contributed by atoms with Crippen LogP contribution in [0.5, 0.6) is 11.5 Å². The number of H-pyrrole nitrogens is 1. The number of rotatable bonds is 5. The maximum absolute atomic E-state index is 12.5. The Morgan fingerprint density at radius 3 is 3.00 bits per heavy atom. The van der Waals surface area contributed by atoms with Gasteiger partial charge in [0.1, 0.15) is 5.39 Å². The minimum atomic E-state index is -0.214. The number of nitrogens with one attached hydrogen (secondary N) is 2. The Morgan fingerprint density at radius 1 is 1.33 bits per heavy atom. The van der Waals surface area contributed by atoms with Crippen LogP contribution in [0.1, 0.15) is 25.3 Å². The van der Waals surface area contributed by atoms with E-state index in [9.17, 15) is 10.1 Å². The van der Waals surface area contributed by atoms with Crippen molar-refractivity contribution in [2.45, 2.75) is 25.3 Å². The van der Waals surface area contributed by atoms with Gasteiger partial charge in [0.05, 0.1) is 24.0 Å². The quantitative estimate of drug-likeness (QED) is 0.722. The molecule has 0 saturated heterocycles. The number of pyridine rings is 1. The molecule has 1 atom stereocenters. The monoisotopic (exact) mass is 363 g/mol. The summed E-state index contributed by atoms with van der Waals surface area (Å²) in [5.41, 5.74) is 1.26. The molecule has 3 aromatic rings. The molecule has 8 heteroatoms. The third kappa shape index (κ3) is 2.68. The van der Waals surface area contributed by atoms with Crippen molar-refractivity contribution in [1.82, 2.24) is 14.8 Å². The van der Waals surface area contributed by atoms with E-state index in [4.69, 9.17) is 9.47 Å². The molecule has 3 heterocycles. The van der Waals surface area contributed by atoms with Crippen molar-refractivity contribution < 1.29 is 9.47 Å². The summed E-state index contributed by atoms with van der Waals surface area (Å²) in [6.07, 6.45) is 4.16. The summed E-state index contributed by atoms with van der Waals surface area (Å²) in [6.45, 7) is 0.202. The number of ether oxygens (including phenoxy) is 2. The van der Waals surface area contributed by atoms with Gasteiger partial charge in [-0.25, -0.2) is 0 Å². The average Bonchev–Trinajstić information content (AvgIpc) is 3.29. The number of hydrogen-bond donors (Lipinski definition) is 2. The van der Waals surface area contributed by atoms with E-state index in [1.165, 1.54) is 0 Å². The van der Waals surface area contributed by atoms with Crippen LogP contribution in [0.2, 0.25) is 0 Å². The largest absolute Gasteiger partial charge is 0.454 e. The first kappa shape index (κ1) is 15.8. The predicted octanol–water partition coefficient (Wildman–Crippen LogP) is 3.06. The van der Waals surface area contributed by atoms with Gasteiger partial charge in [-0.3, -0.25) is 9.48 Å². The van der Waals surface area contributed by atoms with Crippen LogP contribution in [0, 0.1) is 17.2 Å². The number of fused-ring (bicyclic) bond motifs is 2. The summed E-state index contributed by atoms with van der Waals surface area (Å²) in [7, 11) is 0. The Bertz CT molecular complexity index is 1120. The number of hydrogen-bond acceptors (Lipinski definition) is 6. The van der Waals surface area contributed by atoms with Gasteiger partial charge in [0.2, 0.25) is 6.79 Å². The van der Waals surface area contributed by atoms with Gasteiger partial charge in [0.25, 0.3) is 5.56 Å². The first-order valence-electron chi connectivity index (χ1n) is 8.88. The van der Waals surface area contributed by atoms with Crippen LogP contribution in [-0.4, -0.2) is 21.6 Å². The summed E-state index contributed by atoms with van der Waals surface area (Å²) < 4.78 is 12.6. The van der Waals surface area contributed by atoms with E-state index < -0.39 is 0 Å². The second-order valence-corrected chi connectivity index (χ2v) is 6.82. The zero-order valence-electron chi connectivity index (χ0n) is 14.4. The van der Waals surface area contributed by atoms with Crippen molar-refractivity contribution in [3.05, 3.63) is 40.8 Å². The van der Waals surface area contributed by atoms with E-state index in [-0.39, 0.29) is 18.4 Å². The fraction of sp³-hybridized carbons (Fsp3) is 0.316. The highest BCUT2D eigenvalue weighted by Gasteiger charge is 2.34. The molecule has 136 valence electrons. The number of nitrogens with zero attached hydrogens (tertiary/aromatic N) is 3. The van der Waals surface area contributed by atoms with Gasteiger partial charge in [0, 0.05) is 18.0 Å². The third-order valence-corrected chi connectivity index (χ3v) is 5.05. The highest BCUT2D eigenvalue weighted by atomic mass is 16.7. The topological polar surface area (TPSA) is 105 Å². The van der Waals surface area contributed by atoms with E-state index in [2.05, 4.69) is 21.5 Å². The molecule has 2 aliphatic rings. The van der Waals surface area contributed by atoms with E-state index in [0.29, 0.717) is 35.0 Å². The molecular weight excluding hydrogens is 346 g/mol. The number of aromatic amines is 1. The van der Waals surface area contributed by atoms with Crippen LogP contribution in [0.3, 0.4) is 0 Å². The van der Waals surface area contributed by atoms with Crippen LogP contribution in [0.4, 0.5) is 11.5 Å². The Morgan fingerprint density at radius 2 is 2.19 bits per heavy atom. The molecule has 8 nitrogen and oxygen atoms in total. The summed E-state index contributed by atoms with van der Waals surface area (Å²) in [5, 5.41) is 17.6. The van der Waals surface area contributed by atoms with E-state index >= 15 is 0 Å². The molecule has 2 aromatic heterocycles. The van der Waals surface area contributed by atoms with Crippen LogP contribution < -0.4 is 20.3 Å². The van der Waals surface area contributed by atoms with Crippen molar-refractivity contribution in [1.29, 1.82) is 5.26 Å². The maximum Gasteiger partial charge on any atom is 0.261 e. The fourth-order valence-corrected chi connectivity index (χ4v) is 3.58. The Kier molecular flexibility index (Phi) is 3.53. The van der Waals surface area contributed by atoms with Crippen LogP contribution in [-0.2, 0) is 0 Å². The van der Waals surface area contributed by atoms with Gasteiger partial charge < -0.3 is 19.8 Å². The first-order valence-corrected chi connectivity index (χ1v) is 8.88. The molecule has 1 aliphatic heterocycles. The summed E-state index contributed by atoms with van der Waals surface area (Å²) in [4.78, 5) is 15.2. The molecule has 1 aromatic carbocycles. The molecule has 1 aliphatic carbocycles. The van der Waals surface area contributed by atoms with Crippen LogP contribution >= 0.6 is 0 Å².